The summed E-state index contributed by atoms with van der Waals surface area (Å²) in [5, 5.41) is 13.4. The molecule has 2 heterocycles. The van der Waals surface area contributed by atoms with Crippen LogP contribution in [0.1, 0.15) is 43.5 Å². The van der Waals surface area contributed by atoms with Gasteiger partial charge < -0.3 is 15.0 Å². The van der Waals surface area contributed by atoms with Crippen molar-refractivity contribution in [2.24, 2.45) is 13.0 Å². The molecule has 2 fully saturated rings. The third-order valence-electron chi connectivity index (χ3n) is 6.21. The fourth-order valence-electron chi connectivity index (χ4n) is 4.28. The molecule has 0 radical (unpaired) electrons. The zero-order valence-electron chi connectivity index (χ0n) is 16.7. The number of benzene rings is 1. The highest BCUT2D eigenvalue weighted by molar-refractivity contribution is 5.72. The van der Waals surface area contributed by atoms with Crippen molar-refractivity contribution in [2.75, 3.05) is 5.32 Å². The highest BCUT2D eigenvalue weighted by atomic mass is 16.3. The van der Waals surface area contributed by atoms with Crippen LogP contribution in [-0.4, -0.2) is 36.4 Å². The van der Waals surface area contributed by atoms with Crippen molar-refractivity contribution in [3.8, 4) is 0 Å². The molecule has 3 aromatic rings. The van der Waals surface area contributed by atoms with E-state index in [9.17, 15) is 9.90 Å². The van der Waals surface area contributed by atoms with Crippen LogP contribution in [0.15, 0.2) is 35.1 Å². The van der Waals surface area contributed by atoms with Crippen LogP contribution in [0.5, 0.6) is 0 Å². The largest absolute Gasteiger partial charge is 0.391 e. The van der Waals surface area contributed by atoms with E-state index in [0.29, 0.717) is 29.6 Å². The maximum atomic E-state index is 13.3. The van der Waals surface area contributed by atoms with Crippen LogP contribution < -0.4 is 10.9 Å². The number of aliphatic hydroxyl groups excluding tert-OH is 1. The standard InChI is InChI=1S/C22H27N5O2/c1-26-21(29)19-20(25-22(26)23-16-8-5-9-17(16)28)24-18(12-14-10-11-14)27(19)13-15-6-3-2-4-7-15/h2-4,6-7,14,16-17,28H,5,8-13H2,1H3,(H,23,25)/t16-,17-/m1/s1. The molecular weight excluding hydrogens is 366 g/mol. The molecule has 2 N–H and O–H groups in total. The Hall–Kier alpha value is -2.67. The van der Waals surface area contributed by atoms with Crippen LogP contribution >= 0.6 is 0 Å². The van der Waals surface area contributed by atoms with E-state index in [4.69, 9.17) is 9.97 Å². The van der Waals surface area contributed by atoms with E-state index in [0.717, 1.165) is 37.1 Å². The lowest BCUT2D eigenvalue weighted by atomic mass is 10.2. The minimum Gasteiger partial charge on any atom is -0.391 e. The number of nitrogens with one attached hydrogen (secondary N) is 1. The van der Waals surface area contributed by atoms with Crippen LogP contribution in [0.3, 0.4) is 0 Å². The zero-order chi connectivity index (χ0) is 20.0. The van der Waals surface area contributed by atoms with Gasteiger partial charge >= 0.3 is 0 Å². The Morgan fingerprint density at radius 3 is 2.62 bits per heavy atom. The minimum absolute atomic E-state index is 0.0668. The Balaban J connectivity index is 1.58. The predicted octanol–water partition coefficient (Wildman–Crippen LogP) is 2.46. The van der Waals surface area contributed by atoms with Crippen molar-refractivity contribution in [3.05, 3.63) is 52.1 Å². The third-order valence-corrected chi connectivity index (χ3v) is 6.21. The third kappa shape index (κ3) is 3.55. The molecule has 0 saturated heterocycles. The lowest BCUT2D eigenvalue weighted by Gasteiger charge is -2.18. The van der Waals surface area contributed by atoms with E-state index < -0.39 is 6.10 Å². The maximum absolute atomic E-state index is 13.3. The van der Waals surface area contributed by atoms with Gasteiger partial charge in [-0.05, 0) is 43.6 Å². The summed E-state index contributed by atoms with van der Waals surface area (Å²) in [4.78, 5) is 22.8. The van der Waals surface area contributed by atoms with Crippen molar-refractivity contribution < 1.29 is 5.11 Å². The first-order valence-corrected chi connectivity index (χ1v) is 10.5. The molecule has 7 nitrogen and oxygen atoms in total. The number of aliphatic hydroxyl groups is 1. The highest BCUT2D eigenvalue weighted by Crippen LogP contribution is 2.33. The molecule has 2 atom stereocenters. The Morgan fingerprint density at radius 2 is 1.93 bits per heavy atom. The van der Waals surface area contributed by atoms with Gasteiger partial charge in [0.1, 0.15) is 5.82 Å². The van der Waals surface area contributed by atoms with Gasteiger partial charge in [-0.2, -0.15) is 4.98 Å². The Kier molecular flexibility index (Phi) is 4.62. The second-order valence-corrected chi connectivity index (χ2v) is 8.47. The van der Waals surface area contributed by atoms with Crippen molar-refractivity contribution in [1.29, 1.82) is 0 Å². The molecule has 2 aliphatic carbocycles. The number of hydrogen-bond acceptors (Lipinski definition) is 5. The topological polar surface area (TPSA) is 85.0 Å². The van der Waals surface area contributed by atoms with Gasteiger partial charge in [0.15, 0.2) is 11.2 Å². The molecule has 2 saturated carbocycles. The summed E-state index contributed by atoms with van der Waals surface area (Å²) < 4.78 is 3.60. The summed E-state index contributed by atoms with van der Waals surface area (Å²) in [5.41, 5.74) is 2.09. The molecule has 0 bridgehead atoms. The van der Waals surface area contributed by atoms with Crippen LogP contribution in [0.2, 0.25) is 0 Å². The average molecular weight is 393 g/mol. The lowest BCUT2D eigenvalue weighted by molar-refractivity contribution is 0.171. The molecule has 7 heteroatoms. The average Bonchev–Trinajstić information content (AvgIpc) is 3.35. The lowest BCUT2D eigenvalue weighted by Crippen LogP contribution is -2.32. The number of anilines is 1. The second-order valence-electron chi connectivity index (χ2n) is 8.47. The first-order chi connectivity index (χ1) is 14.1. The van der Waals surface area contributed by atoms with E-state index in [2.05, 4.69) is 17.4 Å². The van der Waals surface area contributed by atoms with E-state index >= 15 is 0 Å². The Morgan fingerprint density at radius 1 is 1.14 bits per heavy atom. The normalized spacial score (nSPS) is 21.7. The molecule has 29 heavy (non-hydrogen) atoms. The number of hydrogen-bond donors (Lipinski definition) is 2. The molecule has 5 rings (SSSR count). The molecule has 152 valence electrons. The smallest absolute Gasteiger partial charge is 0.280 e. The second kappa shape index (κ2) is 7.30. The van der Waals surface area contributed by atoms with Crippen LogP contribution in [0, 0.1) is 5.92 Å². The van der Waals surface area contributed by atoms with E-state index in [1.807, 2.05) is 22.8 Å². The maximum Gasteiger partial charge on any atom is 0.280 e. The highest BCUT2D eigenvalue weighted by Gasteiger charge is 2.28. The summed E-state index contributed by atoms with van der Waals surface area (Å²) in [5.74, 6) is 2.08. The number of imidazole rings is 1. The molecule has 1 aromatic carbocycles. The fourth-order valence-corrected chi connectivity index (χ4v) is 4.28. The monoisotopic (exact) mass is 393 g/mol. The van der Waals surface area contributed by atoms with Gasteiger partial charge in [-0.15, -0.1) is 0 Å². The summed E-state index contributed by atoms with van der Waals surface area (Å²) >= 11 is 0. The van der Waals surface area contributed by atoms with Gasteiger partial charge in [-0.25, -0.2) is 4.98 Å². The van der Waals surface area contributed by atoms with Gasteiger partial charge in [0.25, 0.3) is 5.56 Å². The van der Waals surface area contributed by atoms with Crippen molar-refractivity contribution in [2.45, 2.75) is 57.2 Å². The van der Waals surface area contributed by atoms with Crippen LogP contribution in [0.4, 0.5) is 5.95 Å². The first kappa shape index (κ1) is 18.4. The summed E-state index contributed by atoms with van der Waals surface area (Å²) in [6, 6.07) is 10.1. The van der Waals surface area contributed by atoms with Crippen molar-refractivity contribution in [3.63, 3.8) is 0 Å². The number of fused-ring (bicyclic) bond motifs is 1. The van der Waals surface area contributed by atoms with Gasteiger partial charge in [0.05, 0.1) is 12.1 Å². The van der Waals surface area contributed by atoms with Crippen LogP contribution in [-0.2, 0) is 20.0 Å². The van der Waals surface area contributed by atoms with Gasteiger partial charge in [0, 0.05) is 20.0 Å². The summed E-state index contributed by atoms with van der Waals surface area (Å²) in [6.07, 6.45) is 5.58. The number of rotatable bonds is 6. The van der Waals surface area contributed by atoms with E-state index in [1.54, 1.807) is 11.6 Å². The molecule has 2 aromatic heterocycles. The van der Waals surface area contributed by atoms with Gasteiger partial charge in [-0.3, -0.25) is 9.36 Å². The Labute approximate surface area is 169 Å². The Bertz CT molecular complexity index is 1080. The zero-order valence-corrected chi connectivity index (χ0v) is 16.7. The van der Waals surface area contributed by atoms with Gasteiger partial charge in [-0.1, -0.05) is 30.3 Å². The number of aromatic nitrogens is 4. The fraction of sp³-hybridized carbons (Fsp3) is 0.500. The van der Waals surface area contributed by atoms with Crippen molar-refractivity contribution in [1.82, 2.24) is 19.1 Å². The van der Waals surface area contributed by atoms with Gasteiger partial charge in [0.2, 0.25) is 5.95 Å². The molecule has 0 amide bonds. The number of nitrogens with zero attached hydrogens (tertiary/aromatic N) is 4. The molecule has 0 unspecified atom stereocenters. The molecular formula is C22H27N5O2. The molecule has 0 aliphatic heterocycles. The summed E-state index contributed by atoms with van der Waals surface area (Å²) in [6.45, 7) is 0.616. The summed E-state index contributed by atoms with van der Waals surface area (Å²) in [7, 11) is 1.73. The van der Waals surface area contributed by atoms with E-state index in [1.165, 1.54) is 12.8 Å². The first-order valence-electron chi connectivity index (χ1n) is 10.5. The quantitative estimate of drug-likeness (QED) is 0.672. The van der Waals surface area contributed by atoms with Crippen LogP contribution in [0.25, 0.3) is 11.2 Å². The SMILES string of the molecule is Cn1c(N[C@@H]2CCC[C@H]2O)nc2nc(CC3CC3)n(Cc3ccccc3)c2c1=O. The van der Waals surface area contributed by atoms with E-state index in [-0.39, 0.29) is 11.6 Å². The van der Waals surface area contributed by atoms with Crippen molar-refractivity contribution >= 4 is 17.1 Å². The predicted molar refractivity (Wildman–Crippen MR) is 112 cm³/mol. The minimum atomic E-state index is -0.399. The molecule has 2 aliphatic rings. The molecule has 0 spiro atoms.